The summed E-state index contributed by atoms with van der Waals surface area (Å²) in [6.45, 7) is 4.68. The van der Waals surface area contributed by atoms with Crippen LogP contribution in [0.2, 0.25) is 0 Å². The molecule has 0 saturated heterocycles. The molecule has 12 heavy (non-hydrogen) atoms. The van der Waals surface area contributed by atoms with Crippen molar-refractivity contribution in [3.63, 3.8) is 0 Å². The normalized spacial score (nSPS) is 12.8. The van der Waals surface area contributed by atoms with Gasteiger partial charge in [0.25, 0.3) is 0 Å². The molecule has 0 spiro atoms. The summed E-state index contributed by atoms with van der Waals surface area (Å²) in [5, 5.41) is 9.03. The van der Waals surface area contributed by atoms with Crippen LogP contribution in [0.4, 0.5) is 0 Å². The number of hydrogen-bond acceptors (Lipinski definition) is 2. The van der Waals surface area contributed by atoms with Crippen LogP contribution in [-0.4, -0.2) is 11.7 Å². The minimum Gasteiger partial charge on any atom is -0.508 e. The number of rotatable bonds is 3. The van der Waals surface area contributed by atoms with Crippen molar-refractivity contribution in [1.82, 2.24) is 0 Å². The van der Waals surface area contributed by atoms with Crippen molar-refractivity contribution >= 4 is 0 Å². The first kappa shape index (κ1) is 9.07. The molecule has 0 aliphatic carbocycles. The Bertz CT molecular complexity index is 228. The van der Waals surface area contributed by atoms with E-state index in [2.05, 4.69) is 0 Å². The highest BCUT2D eigenvalue weighted by Gasteiger charge is 2.03. The van der Waals surface area contributed by atoms with Crippen LogP contribution in [0.5, 0.6) is 5.75 Å². The molecule has 0 aliphatic heterocycles. The summed E-state index contributed by atoms with van der Waals surface area (Å²) in [5.74, 6) is 0.294. The van der Waals surface area contributed by atoms with E-state index >= 15 is 0 Å². The molecule has 0 heterocycles. The quantitative estimate of drug-likeness (QED) is 0.747. The lowest BCUT2D eigenvalue weighted by atomic mass is 10.1. The third-order valence-corrected chi connectivity index (χ3v) is 1.78. The molecular formula is C10H14O2. The van der Waals surface area contributed by atoms with Gasteiger partial charge in [-0.3, -0.25) is 0 Å². The van der Waals surface area contributed by atoms with Crippen molar-refractivity contribution in [2.45, 2.75) is 20.0 Å². The lowest BCUT2D eigenvalue weighted by Gasteiger charge is -2.11. The van der Waals surface area contributed by atoms with Crippen LogP contribution >= 0.6 is 0 Å². The van der Waals surface area contributed by atoms with Crippen molar-refractivity contribution in [3.8, 4) is 5.75 Å². The van der Waals surface area contributed by atoms with Gasteiger partial charge in [-0.15, -0.1) is 0 Å². The average molecular weight is 166 g/mol. The third-order valence-electron chi connectivity index (χ3n) is 1.78. The van der Waals surface area contributed by atoms with E-state index in [0.29, 0.717) is 12.4 Å². The maximum absolute atomic E-state index is 9.03. The number of benzene rings is 1. The monoisotopic (exact) mass is 166 g/mol. The van der Waals surface area contributed by atoms with Gasteiger partial charge in [0.2, 0.25) is 0 Å². The molecule has 1 aromatic carbocycles. The van der Waals surface area contributed by atoms with Crippen LogP contribution < -0.4 is 0 Å². The van der Waals surface area contributed by atoms with Crippen LogP contribution in [0.15, 0.2) is 24.3 Å². The molecule has 1 aromatic rings. The fraction of sp³-hybridized carbons (Fsp3) is 0.400. The van der Waals surface area contributed by atoms with Crippen molar-refractivity contribution in [1.29, 1.82) is 0 Å². The molecule has 0 saturated carbocycles. The van der Waals surface area contributed by atoms with Crippen molar-refractivity contribution in [2.75, 3.05) is 6.61 Å². The van der Waals surface area contributed by atoms with Gasteiger partial charge in [-0.25, -0.2) is 0 Å². The zero-order chi connectivity index (χ0) is 8.97. The van der Waals surface area contributed by atoms with E-state index in [-0.39, 0.29) is 6.10 Å². The van der Waals surface area contributed by atoms with E-state index in [1.807, 2.05) is 26.0 Å². The number of hydrogen-bond donors (Lipinski definition) is 1. The summed E-state index contributed by atoms with van der Waals surface area (Å²) >= 11 is 0. The van der Waals surface area contributed by atoms with E-state index in [1.165, 1.54) is 0 Å². The van der Waals surface area contributed by atoms with E-state index in [9.17, 15) is 0 Å². The van der Waals surface area contributed by atoms with Crippen molar-refractivity contribution in [2.24, 2.45) is 0 Å². The third kappa shape index (κ3) is 2.24. The molecule has 1 rings (SSSR count). The fourth-order valence-corrected chi connectivity index (χ4v) is 1.09. The summed E-state index contributed by atoms with van der Waals surface area (Å²) < 4.78 is 5.39. The van der Waals surface area contributed by atoms with Gasteiger partial charge in [-0.05, 0) is 31.5 Å². The van der Waals surface area contributed by atoms with Gasteiger partial charge in [0.15, 0.2) is 0 Å². The Morgan fingerprint density at radius 2 is 1.92 bits per heavy atom. The van der Waals surface area contributed by atoms with E-state index in [1.54, 1.807) is 12.1 Å². The molecule has 66 valence electrons. The second kappa shape index (κ2) is 4.12. The second-order valence-corrected chi connectivity index (χ2v) is 2.69. The molecule has 1 N–H and O–H groups in total. The Hall–Kier alpha value is -1.02. The van der Waals surface area contributed by atoms with Crippen LogP contribution in [0.25, 0.3) is 0 Å². The van der Waals surface area contributed by atoms with Gasteiger partial charge in [0, 0.05) is 6.61 Å². The molecule has 0 aliphatic rings. The molecule has 1 atom stereocenters. The van der Waals surface area contributed by atoms with Gasteiger partial charge in [-0.2, -0.15) is 0 Å². The molecule has 2 heteroatoms. The highest BCUT2D eigenvalue weighted by molar-refractivity contribution is 5.26. The second-order valence-electron chi connectivity index (χ2n) is 2.69. The predicted molar refractivity (Wildman–Crippen MR) is 48.1 cm³/mol. The number of phenols is 1. The average Bonchev–Trinajstić information content (AvgIpc) is 2.06. The number of aromatic hydroxyl groups is 1. The highest BCUT2D eigenvalue weighted by Crippen LogP contribution is 2.18. The smallest absolute Gasteiger partial charge is 0.115 e. The molecule has 0 amide bonds. The highest BCUT2D eigenvalue weighted by atomic mass is 16.5. The minimum absolute atomic E-state index is 0.107. The Morgan fingerprint density at radius 1 is 1.33 bits per heavy atom. The SMILES string of the molecule is CCOC(C)c1ccc(O)cc1. The van der Waals surface area contributed by atoms with Gasteiger partial charge in [-0.1, -0.05) is 12.1 Å². The molecule has 0 fully saturated rings. The first-order valence-electron chi connectivity index (χ1n) is 4.14. The van der Waals surface area contributed by atoms with Gasteiger partial charge in [0.1, 0.15) is 5.75 Å². The Kier molecular flexibility index (Phi) is 3.11. The number of phenolic OH excluding ortho intramolecular Hbond substituents is 1. The maximum Gasteiger partial charge on any atom is 0.115 e. The zero-order valence-electron chi connectivity index (χ0n) is 7.45. The van der Waals surface area contributed by atoms with Gasteiger partial charge < -0.3 is 9.84 Å². The van der Waals surface area contributed by atoms with Crippen molar-refractivity contribution < 1.29 is 9.84 Å². The Morgan fingerprint density at radius 3 is 2.42 bits per heavy atom. The molecule has 1 unspecified atom stereocenters. The molecule has 0 aromatic heterocycles. The standard InChI is InChI=1S/C10H14O2/c1-3-12-8(2)9-4-6-10(11)7-5-9/h4-8,11H,3H2,1-2H3. The summed E-state index contributed by atoms with van der Waals surface area (Å²) in [4.78, 5) is 0. The topological polar surface area (TPSA) is 29.5 Å². The van der Waals surface area contributed by atoms with E-state index in [0.717, 1.165) is 5.56 Å². The largest absolute Gasteiger partial charge is 0.508 e. The van der Waals surface area contributed by atoms with Crippen LogP contribution in [-0.2, 0) is 4.74 Å². The molecule has 0 radical (unpaired) electrons. The van der Waals surface area contributed by atoms with E-state index < -0.39 is 0 Å². The number of ether oxygens (including phenoxy) is 1. The Labute approximate surface area is 72.8 Å². The van der Waals surface area contributed by atoms with Crippen LogP contribution in [0.3, 0.4) is 0 Å². The predicted octanol–water partition coefficient (Wildman–Crippen LogP) is 2.49. The minimum atomic E-state index is 0.107. The zero-order valence-corrected chi connectivity index (χ0v) is 7.45. The first-order chi connectivity index (χ1) is 5.74. The lowest BCUT2D eigenvalue weighted by Crippen LogP contribution is -1.98. The summed E-state index contributed by atoms with van der Waals surface area (Å²) in [5.41, 5.74) is 1.09. The maximum atomic E-state index is 9.03. The Balaban J connectivity index is 2.68. The summed E-state index contributed by atoms with van der Waals surface area (Å²) in [7, 11) is 0. The van der Waals surface area contributed by atoms with Crippen molar-refractivity contribution in [3.05, 3.63) is 29.8 Å². The molecule has 2 nitrogen and oxygen atoms in total. The van der Waals surface area contributed by atoms with Crippen LogP contribution in [0.1, 0.15) is 25.5 Å². The lowest BCUT2D eigenvalue weighted by molar-refractivity contribution is 0.0764. The first-order valence-corrected chi connectivity index (χ1v) is 4.14. The summed E-state index contributed by atoms with van der Waals surface area (Å²) in [6, 6.07) is 7.08. The van der Waals surface area contributed by atoms with E-state index in [4.69, 9.17) is 9.84 Å². The molecular weight excluding hydrogens is 152 g/mol. The summed E-state index contributed by atoms with van der Waals surface area (Å²) in [6.07, 6.45) is 0.107. The van der Waals surface area contributed by atoms with Gasteiger partial charge in [0.05, 0.1) is 6.10 Å². The van der Waals surface area contributed by atoms with Crippen LogP contribution in [0, 0.1) is 0 Å². The fourth-order valence-electron chi connectivity index (χ4n) is 1.09. The molecule has 0 bridgehead atoms. The van der Waals surface area contributed by atoms with Gasteiger partial charge >= 0.3 is 0 Å².